The zero-order valence-corrected chi connectivity index (χ0v) is 13.5. The molecule has 6 nitrogen and oxygen atoms in total. The fraction of sp³-hybridized carbons (Fsp3) is 0.800. The molecule has 118 valence electrons. The minimum atomic E-state index is -0.839. The predicted octanol–water partition coefficient (Wildman–Crippen LogP) is 0.595. The Balaban J connectivity index is 2.52. The third kappa shape index (κ3) is 5.01. The van der Waals surface area contributed by atoms with Crippen LogP contribution in [0.4, 0.5) is 0 Å². The van der Waals surface area contributed by atoms with E-state index in [9.17, 15) is 14.9 Å². The van der Waals surface area contributed by atoms with E-state index < -0.39 is 5.54 Å². The van der Waals surface area contributed by atoms with Crippen LogP contribution < -0.4 is 5.32 Å². The normalized spacial score (nSPS) is 19.5. The van der Waals surface area contributed by atoms with Crippen molar-refractivity contribution in [1.29, 1.82) is 5.26 Å². The summed E-state index contributed by atoms with van der Waals surface area (Å²) in [6.07, 6.45) is 0.868. The molecule has 2 amide bonds. The largest absolute Gasteiger partial charge is 0.342 e. The molecule has 0 aromatic heterocycles. The first-order valence-electron chi connectivity index (χ1n) is 7.48. The molecule has 1 aliphatic rings. The Morgan fingerprint density at radius 1 is 1.29 bits per heavy atom. The Kier molecular flexibility index (Phi) is 6.16. The fourth-order valence-electron chi connectivity index (χ4n) is 2.28. The molecule has 0 aliphatic carbocycles. The van der Waals surface area contributed by atoms with Gasteiger partial charge in [-0.05, 0) is 19.3 Å². The van der Waals surface area contributed by atoms with Crippen LogP contribution >= 0.6 is 0 Å². The van der Waals surface area contributed by atoms with E-state index >= 15 is 0 Å². The SMILES string of the molecule is CC(=O)N1CCCN(CC(=O)N[C@@](C)(C#N)C(C)C)CC1. The van der Waals surface area contributed by atoms with Gasteiger partial charge in [0, 0.05) is 33.1 Å². The predicted molar refractivity (Wildman–Crippen MR) is 80.3 cm³/mol. The number of carbonyl (C=O) groups excluding carboxylic acids is 2. The van der Waals surface area contributed by atoms with Crippen molar-refractivity contribution in [3.05, 3.63) is 0 Å². The summed E-state index contributed by atoms with van der Waals surface area (Å²) in [5.41, 5.74) is -0.839. The molecule has 1 atom stereocenters. The van der Waals surface area contributed by atoms with Gasteiger partial charge < -0.3 is 10.2 Å². The summed E-state index contributed by atoms with van der Waals surface area (Å²) >= 11 is 0. The lowest BCUT2D eigenvalue weighted by Gasteiger charge is -2.29. The summed E-state index contributed by atoms with van der Waals surface area (Å²) in [7, 11) is 0. The lowest BCUT2D eigenvalue weighted by Crippen LogP contribution is -2.52. The molecule has 0 bridgehead atoms. The van der Waals surface area contributed by atoms with Crippen LogP contribution in [0.2, 0.25) is 0 Å². The average molecular weight is 294 g/mol. The second kappa shape index (κ2) is 7.41. The molecule has 21 heavy (non-hydrogen) atoms. The number of rotatable bonds is 4. The molecule has 0 saturated carbocycles. The molecule has 1 rings (SSSR count). The first-order valence-corrected chi connectivity index (χ1v) is 7.48. The Morgan fingerprint density at radius 2 is 1.95 bits per heavy atom. The molecule has 1 saturated heterocycles. The van der Waals surface area contributed by atoms with Crippen molar-refractivity contribution in [1.82, 2.24) is 15.1 Å². The standard InChI is InChI=1S/C15H26N4O2/c1-12(2)15(4,11-16)17-14(21)10-18-6-5-7-19(9-8-18)13(3)20/h12H,5-10H2,1-4H3,(H,17,21)/t15-/m0/s1. The van der Waals surface area contributed by atoms with Gasteiger partial charge in [0.1, 0.15) is 5.54 Å². The summed E-state index contributed by atoms with van der Waals surface area (Å²) in [6, 6.07) is 2.18. The number of hydrogen-bond acceptors (Lipinski definition) is 4. The van der Waals surface area contributed by atoms with E-state index in [4.69, 9.17) is 0 Å². The summed E-state index contributed by atoms with van der Waals surface area (Å²) in [5, 5.41) is 12.1. The highest BCUT2D eigenvalue weighted by atomic mass is 16.2. The van der Waals surface area contributed by atoms with Crippen LogP contribution in [0.1, 0.15) is 34.1 Å². The lowest BCUT2D eigenvalue weighted by molar-refractivity contribution is -0.128. The molecular weight excluding hydrogens is 268 g/mol. The number of nitrogens with one attached hydrogen (secondary N) is 1. The lowest BCUT2D eigenvalue weighted by atomic mass is 9.90. The van der Waals surface area contributed by atoms with E-state index in [0.717, 1.165) is 19.5 Å². The number of nitrogens with zero attached hydrogens (tertiary/aromatic N) is 3. The van der Waals surface area contributed by atoms with Crippen molar-refractivity contribution in [2.45, 2.75) is 39.7 Å². The van der Waals surface area contributed by atoms with Crippen molar-refractivity contribution in [2.24, 2.45) is 5.92 Å². The van der Waals surface area contributed by atoms with Crippen molar-refractivity contribution in [2.75, 3.05) is 32.7 Å². The zero-order valence-electron chi connectivity index (χ0n) is 13.5. The molecule has 0 aromatic rings. The van der Waals surface area contributed by atoms with Crippen molar-refractivity contribution in [3.8, 4) is 6.07 Å². The highest BCUT2D eigenvalue weighted by Gasteiger charge is 2.30. The van der Waals surface area contributed by atoms with E-state index in [2.05, 4.69) is 11.4 Å². The van der Waals surface area contributed by atoms with Crippen LogP contribution in [0.15, 0.2) is 0 Å². The topological polar surface area (TPSA) is 76.4 Å². The monoisotopic (exact) mass is 294 g/mol. The highest BCUT2D eigenvalue weighted by Crippen LogP contribution is 2.15. The summed E-state index contributed by atoms with van der Waals surface area (Å²) in [5.74, 6) is -0.00835. The van der Waals surface area contributed by atoms with Crippen LogP contribution in [0.5, 0.6) is 0 Å². The van der Waals surface area contributed by atoms with Crippen molar-refractivity contribution < 1.29 is 9.59 Å². The minimum Gasteiger partial charge on any atom is -0.342 e. The molecule has 0 unspecified atom stereocenters. The molecular formula is C15H26N4O2. The van der Waals surface area contributed by atoms with Gasteiger partial charge in [-0.1, -0.05) is 13.8 Å². The van der Waals surface area contributed by atoms with Crippen LogP contribution in [-0.2, 0) is 9.59 Å². The van der Waals surface area contributed by atoms with E-state index in [0.29, 0.717) is 13.1 Å². The molecule has 1 heterocycles. The molecule has 1 N–H and O–H groups in total. The van der Waals surface area contributed by atoms with Crippen LogP contribution in [0.3, 0.4) is 0 Å². The first-order chi connectivity index (χ1) is 9.78. The maximum absolute atomic E-state index is 12.1. The number of carbonyl (C=O) groups is 2. The van der Waals surface area contributed by atoms with Crippen LogP contribution in [-0.4, -0.2) is 59.9 Å². The van der Waals surface area contributed by atoms with E-state index in [1.807, 2.05) is 23.6 Å². The second-order valence-corrected chi connectivity index (χ2v) is 6.15. The quantitative estimate of drug-likeness (QED) is 0.823. The molecule has 1 aliphatic heterocycles. The number of nitriles is 1. The van der Waals surface area contributed by atoms with Gasteiger partial charge in [-0.25, -0.2) is 0 Å². The molecule has 0 aromatic carbocycles. The smallest absolute Gasteiger partial charge is 0.235 e. The summed E-state index contributed by atoms with van der Waals surface area (Å²) in [6.45, 7) is 10.3. The first kappa shape index (κ1) is 17.4. The van der Waals surface area contributed by atoms with Crippen molar-refractivity contribution in [3.63, 3.8) is 0 Å². The van der Waals surface area contributed by atoms with Gasteiger partial charge in [0.05, 0.1) is 12.6 Å². The molecule has 0 spiro atoms. The summed E-state index contributed by atoms with van der Waals surface area (Å²) < 4.78 is 0. The highest BCUT2D eigenvalue weighted by molar-refractivity contribution is 5.79. The van der Waals surface area contributed by atoms with Gasteiger partial charge in [0.25, 0.3) is 0 Å². The van der Waals surface area contributed by atoms with E-state index in [1.165, 1.54) is 0 Å². The molecule has 1 fully saturated rings. The Bertz CT molecular complexity index is 430. The van der Waals surface area contributed by atoms with Crippen LogP contribution in [0, 0.1) is 17.2 Å². The minimum absolute atomic E-state index is 0.0452. The Hall–Kier alpha value is -1.61. The molecule has 0 radical (unpaired) electrons. The maximum Gasteiger partial charge on any atom is 0.235 e. The van der Waals surface area contributed by atoms with E-state index in [-0.39, 0.29) is 24.3 Å². The zero-order chi connectivity index (χ0) is 16.0. The molecule has 6 heteroatoms. The number of amides is 2. The third-order valence-corrected chi connectivity index (χ3v) is 4.19. The third-order valence-electron chi connectivity index (χ3n) is 4.19. The van der Waals surface area contributed by atoms with Crippen LogP contribution in [0.25, 0.3) is 0 Å². The maximum atomic E-state index is 12.1. The Morgan fingerprint density at radius 3 is 2.48 bits per heavy atom. The van der Waals surface area contributed by atoms with Gasteiger partial charge in [-0.15, -0.1) is 0 Å². The fourth-order valence-corrected chi connectivity index (χ4v) is 2.28. The second-order valence-electron chi connectivity index (χ2n) is 6.15. The van der Waals surface area contributed by atoms with Gasteiger partial charge in [-0.2, -0.15) is 5.26 Å². The van der Waals surface area contributed by atoms with Gasteiger partial charge in [-0.3, -0.25) is 14.5 Å². The van der Waals surface area contributed by atoms with Gasteiger partial charge in [0.2, 0.25) is 11.8 Å². The van der Waals surface area contributed by atoms with Gasteiger partial charge in [0.15, 0.2) is 0 Å². The Labute approximate surface area is 127 Å². The van der Waals surface area contributed by atoms with Gasteiger partial charge >= 0.3 is 0 Å². The average Bonchev–Trinajstić information content (AvgIpc) is 2.63. The summed E-state index contributed by atoms with van der Waals surface area (Å²) in [4.78, 5) is 27.4. The number of hydrogen-bond donors (Lipinski definition) is 1. The van der Waals surface area contributed by atoms with Crippen molar-refractivity contribution >= 4 is 11.8 Å². The van der Waals surface area contributed by atoms with E-state index in [1.54, 1.807) is 13.8 Å².